The Morgan fingerprint density at radius 1 is 1.29 bits per heavy atom. The quantitative estimate of drug-likeness (QED) is 0.515. The molecular weight excluding hydrogens is 306 g/mol. The molecule has 114 valence electrons. The minimum absolute atomic E-state index is 0.269. The number of amides is 3. The third kappa shape index (κ3) is 4.74. The fraction of sp³-hybridized carbons (Fsp3) is 0.100. The van der Waals surface area contributed by atoms with Gasteiger partial charge in [-0.1, -0.05) is 0 Å². The van der Waals surface area contributed by atoms with E-state index in [0.29, 0.717) is 0 Å². The van der Waals surface area contributed by atoms with Crippen LogP contribution < -0.4 is 20.9 Å². The van der Waals surface area contributed by atoms with Crippen LogP contribution in [-0.4, -0.2) is 38.0 Å². The Morgan fingerprint density at radius 2 is 1.90 bits per heavy atom. The Balaban J connectivity index is 3.00. The number of sulfonamides is 1. The molecule has 6 N–H and O–H groups in total. The van der Waals surface area contributed by atoms with Crippen molar-refractivity contribution in [1.29, 1.82) is 0 Å². The highest BCUT2D eigenvalue weighted by atomic mass is 32.2. The standard InChI is InChI=1S/C10H11N3O7S/c11-10(17)13-8(14)4-20-7-2-1-5(21(12,18)19)3-6(7)9(15)16/h1-3H,4H2,(H,15,16)(H2,12,18,19)(H3,11,13,14,17). The molecular formula is C10H11N3O7S. The molecule has 3 amide bonds. The zero-order chi connectivity index (χ0) is 16.2. The predicted octanol–water partition coefficient (Wildman–Crippen LogP) is -1.39. The Hall–Kier alpha value is -2.66. The van der Waals surface area contributed by atoms with Crippen molar-refractivity contribution in [2.45, 2.75) is 4.90 Å². The lowest BCUT2D eigenvalue weighted by molar-refractivity contribution is -0.121. The fourth-order valence-electron chi connectivity index (χ4n) is 1.30. The highest BCUT2D eigenvalue weighted by molar-refractivity contribution is 7.89. The van der Waals surface area contributed by atoms with Gasteiger partial charge in [0.25, 0.3) is 5.91 Å². The Morgan fingerprint density at radius 3 is 2.38 bits per heavy atom. The lowest BCUT2D eigenvalue weighted by atomic mass is 10.2. The molecule has 0 aromatic heterocycles. The second-order valence-electron chi connectivity index (χ2n) is 3.71. The van der Waals surface area contributed by atoms with Crippen LogP contribution in [0.25, 0.3) is 0 Å². The summed E-state index contributed by atoms with van der Waals surface area (Å²) in [6.45, 7) is -0.683. The van der Waals surface area contributed by atoms with Crippen LogP contribution in [0.15, 0.2) is 23.1 Å². The molecule has 0 aliphatic heterocycles. The average molecular weight is 317 g/mol. The zero-order valence-corrected chi connectivity index (χ0v) is 11.2. The van der Waals surface area contributed by atoms with Gasteiger partial charge in [0.1, 0.15) is 11.3 Å². The molecule has 10 nitrogen and oxygen atoms in total. The number of nitrogens with one attached hydrogen (secondary N) is 1. The van der Waals surface area contributed by atoms with Gasteiger partial charge < -0.3 is 15.6 Å². The van der Waals surface area contributed by atoms with Crippen molar-refractivity contribution in [2.24, 2.45) is 10.9 Å². The predicted molar refractivity (Wildman–Crippen MR) is 68.0 cm³/mol. The second kappa shape index (κ2) is 6.19. The number of urea groups is 1. The van der Waals surface area contributed by atoms with Gasteiger partial charge in [0.15, 0.2) is 6.61 Å². The van der Waals surface area contributed by atoms with E-state index in [0.717, 1.165) is 18.2 Å². The number of carbonyl (C=O) groups excluding carboxylic acids is 2. The zero-order valence-electron chi connectivity index (χ0n) is 10.4. The Kier molecular flexibility index (Phi) is 4.84. The first kappa shape index (κ1) is 16.4. The van der Waals surface area contributed by atoms with E-state index in [4.69, 9.17) is 20.7 Å². The lowest BCUT2D eigenvalue weighted by Gasteiger charge is -2.09. The average Bonchev–Trinajstić information content (AvgIpc) is 2.34. The van der Waals surface area contributed by atoms with Gasteiger partial charge in [-0.05, 0) is 18.2 Å². The van der Waals surface area contributed by atoms with Crippen LogP contribution >= 0.6 is 0 Å². The molecule has 1 aromatic rings. The van der Waals surface area contributed by atoms with Crippen molar-refractivity contribution in [2.75, 3.05) is 6.61 Å². The van der Waals surface area contributed by atoms with E-state index in [9.17, 15) is 22.8 Å². The largest absolute Gasteiger partial charge is 0.483 e. The molecule has 0 saturated heterocycles. The van der Waals surface area contributed by atoms with Gasteiger partial charge in [0.05, 0.1) is 4.90 Å². The highest BCUT2D eigenvalue weighted by Gasteiger charge is 2.18. The second-order valence-corrected chi connectivity index (χ2v) is 5.27. The summed E-state index contributed by atoms with van der Waals surface area (Å²) >= 11 is 0. The number of rotatable bonds is 5. The first-order valence-electron chi connectivity index (χ1n) is 5.23. The summed E-state index contributed by atoms with van der Waals surface area (Å²) in [5.41, 5.74) is 4.20. The molecule has 0 radical (unpaired) electrons. The number of imide groups is 1. The van der Waals surface area contributed by atoms with Crippen molar-refractivity contribution in [3.63, 3.8) is 0 Å². The van der Waals surface area contributed by atoms with Gasteiger partial charge >= 0.3 is 12.0 Å². The van der Waals surface area contributed by atoms with E-state index < -0.39 is 45.0 Å². The molecule has 0 aliphatic rings. The van der Waals surface area contributed by atoms with Crippen LogP contribution in [-0.2, 0) is 14.8 Å². The van der Waals surface area contributed by atoms with Gasteiger partial charge in [-0.25, -0.2) is 23.1 Å². The number of carboxylic acids is 1. The number of hydrogen-bond acceptors (Lipinski definition) is 6. The topological polar surface area (TPSA) is 179 Å². The maximum absolute atomic E-state index is 11.1. The molecule has 0 aliphatic carbocycles. The fourth-order valence-corrected chi connectivity index (χ4v) is 1.84. The van der Waals surface area contributed by atoms with Crippen molar-refractivity contribution >= 4 is 27.9 Å². The van der Waals surface area contributed by atoms with Crippen molar-refractivity contribution in [3.8, 4) is 5.75 Å². The van der Waals surface area contributed by atoms with Crippen LogP contribution in [0.2, 0.25) is 0 Å². The summed E-state index contributed by atoms with van der Waals surface area (Å²) < 4.78 is 27.2. The first-order chi connectivity index (χ1) is 9.61. The van der Waals surface area contributed by atoms with Crippen LogP contribution in [0.4, 0.5) is 4.79 Å². The van der Waals surface area contributed by atoms with E-state index in [1.165, 1.54) is 0 Å². The van der Waals surface area contributed by atoms with Gasteiger partial charge in [-0.3, -0.25) is 10.1 Å². The van der Waals surface area contributed by atoms with Crippen LogP contribution in [0.5, 0.6) is 5.75 Å². The molecule has 0 spiro atoms. The monoisotopic (exact) mass is 317 g/mol. The Bertz CT molecular complexity index is 699. The van der Waals surface area contributed by atoms with Crippen LogP contribution in [0, 0.1) is 0 Å². The van der Waals surface area contributed by atoms with Crippen molar-refractivity contribution in [1.82, 2.24) is 5.32 Å². The summed E-state index contributed by atoms with van der Waals surface area (Å²) in [5, 5.41) is 15.6. The Labute approximate surface area is 118 Å². The molecule has 0 bridgehead atoms. The summed E-state index contributed by atoms with van der Waals surface area (Å²) in [6, 6.07) is 1.75. The van der Waals surface area contributed by atoms with E-state index >= 15 is 0 Å². The molecule has 21 heavy (non-hydrogen) atoms. The summed E-state index contributed by atoms with van der Waals surface area (Å²) in [6.07, 6.45) is 0. The number of carboxylic acid groups (broad SMARTS) is 1. The van der Waals surface area contributed by atoms with Crippen molar-refractivity contribution < 1.29 is 32.6 Å². The maximum atomic E-state index is 11.1. The third-order valence-corrected chi connectivity index (χ3v) is 3.04. The number of primary amides is 1. The summed E-state index contributed by atoms with van der Waals surface area (Å²) in [5.74, 6) is -2.64. The third-order valence-electron chi connectivity index (χ3n) is 2.13. The lowest BCUT2D eigenvalue weighted by Crippen LogP contribution is -2.38. The summed E-state index contributed by atoms with van der Waals surface area (Å²) in [4.78, 5) is 32.2. The molecule has 11 heteroatoms. The molecule has 0 fully saturated rings. The number of carbonyl (C=O) groups is 3. The molecule has 0 saturated carbocycles. The molecule has 0 unspecified atom stereocenters. The SMILES string of the molecule is NC(=O)NC(=O)COc1ccc(S(N)(=O)=O)cc1C(=O)O. The molecule has 0 atom stereocenters. The number of primary sulfonamides is 1. The maximum Gasteiger partial charge on any atom is 0.339 e. The van der Waals surface area contributed by atoms with E-state index in [-0.39, 0.29) is 5.75 Å². The molecule has 1 rings (SSSR count). The smallest absolute Gasteiger partial charge is 0.339 e. The number of ether oxygens (including phenoxy) is 1. The van der Waals surface area contributed by atoms with Crippen molar-refractivity contribution in [3.05, 3.63) is 23.8 Å². The van der Waals surface area contributed by atoms with Gasteiger partial charge in [0.2, 0.25) is 10.0 Å². The number of nitrogens with two attached hydrogens (primary N) is 2. The minimum atomic E-state index is -4.08. The van der Waals surface area contributed by atoms with Gasteiger partial charge in [-0.15, -0.1) is 0 Å². The number of hydrogen-bond donors (Lipinski definition) is 4. The van der Waals surface area contributed by atoms with E-state index in [1.807, 2.05) is 0 Å². The van der Waals surface area contributed by atoms with Gasteiger partial charge in [0, 0.05) is 0 Å². The van der Waals surface area contributed by atoms with Crippen LogP contribution in [0.3, 0.4) is 0 Å². The van der Waals surface area contributed by atoms with E-state index in [2.05, 4.69) is 0 Å². The highest BCUT2D eigenvalue weighted by Crippen LogP contribution is 2.22. The number of aromatic carboxylic acids is 1. The number of benzene rings is 1. The summed E-state index contributed by atoms with van der Waals surface area (Å²) in [7, 11) is -4.08. The van der Waals surface area contributed by atoms with E-state index in [1.54, 1.807) is 5.32 Å². The van der Waals surface area contributed by atoms with Gasteiger partial charge in [-0.2, -0.15) is 0 Å². The first-order valence-corrected chi connectivity index (χ1v) is 6.78. The molecule has 0 heterocycles. The minimum Gasteiger partial charge on any atom is -0.483 e. The normalized spacial score (nSPS) is 10.7. The van der Waals surface area contributed by atoms with Crippen LogP contribution in [0.1, 0.15) is 10.4 Å². The molecule has 1 aromatic carbocycles.